The lowest BCUT2D eigenvalue weighted by Crippen LogP contribution is -2.14. The fourth-order valence-electron chi connectivity index (χ4n) is 2.38. The zero-order chi connectivity index (χ0) is 16.8. The molecule has 118 valence electrons. The molecule has 0 unspecified atom stereocenters. The highest BCUT2D eigenvalue weighted by Gasteiger charge is 2.20. The molecule has 0 radical (unpaired) electrons. The third kappa shape index (κ3) is 2.90. The molecule has 0 aliphatic rings. The fourth-order valence-corrected chi connectivity index (χ4v) is 4.63. The molecule has 2 N–H and O–H groups in total. The molecule has 0 spiro atoms. The summed E-state index contributed by atoms with van der Waals surface area (Å²) in [6.45, 7) is 1.88. The number of aryl methyl sites for hydroxylation is 1. The van der Waals surface area contributed by atoms with Gasteiger partial charge >= 0.3 is 0 Å². The summed E-state index contributed by atoms with van der Waals surface area (Å²) in [7, 11) is -3.99. The van der Waals surface area contributed by atoms with Crippen LogP contribution in [0.25, 0.3) is 10.1 Å². The molecule has 23 heavy (non-hydrogen) atoms. The average Bonchev–Trinajstić information content (AvgIpc) is 2.83. The molecule has 0 aliphatic carbocycles. The van der Waals surface area contributed by atoms with Crippen LogP contribution in [0.1, 0.15) is 20.8 Å². The van der Waals surface area contributed by atoms with E-state index in [-0.39, 0.29) is 21.3 Å². The number of hydrogen-bond donors (Lipinski definition) is 1. The summed E-state index contributed by atoms with van der Waals surface area (Å²) in [5, 5.41) is 6.15. The highest BCUT2D eigenvalue weighted by atomic mass is 35.5. The first-order valence-corrected chi connectivity index (χ1v) is 9.38. The molecule has 0 amide bonds. The van der Waals surface area contributed by atoms with Crippen molar-refractivity contribution in [1.82, 2.24) is 0 Å². The van der Waals surface area contributed by atoms with Gasteiger partial charge in [-0.2, -0.15) is 0 Å². The standard InChI is InChI=1S/C16H12ClNO3S2/c1-9-11-4-2-3-5-13(11)22-16(9)15(19)10-6-7-12(17)14(8-10)23(18,20)21/h2-8H,1H3,(H2,18,20,21). The number of carbonyl (C=O) groups excluding carboxylic acids is 1. The van der Waals surface area contributed by atoms with Gasteiger partial charge in [0.1, 0.15) is 4.90 Å². The molecule has 4 nitrogen and oxygen atoms in total. The number of carbonyl (C=O) groups is 1. The highest BCUT2D eigenvalue weighted by molar-refractivity contribution is 7.89. The molecule has 2 aromatic carbocycles. The lowest BCUT2D eigenvalue weighted by molar-refractivity contribution is 0.104. The van der Waals surface area contributed by atoms with Crippen molar-refractivity contribution in [2.24, 2.45) is 5.14 Å². The Bertz CT molecular complexity index is 1040. The third-order valence-corrected chi connectivity index (χ3v) is 6.21. The van der Waals surface area contributed by atoms with Crippen molar-refractivity contribution in [3.63, 3.8) is 0 Å². The molecule has 0 saturated heterocycles. The number of sulfonamides is 1. The second-order valence-electron chi connectivity index (χ2n) is 5.07. The summed E-state index contributed by atoms with van der Waals surface area (Å²) >= 11 is 7.24. The number of ketones is 1. The molecule has 3 aromatic rings. The van der Waals surface area contributed by atoms with E-state index in [1.54, 1.807) is 0 Å². The van der Waals surface area contributed by atoms with Gasteiger partial charge in [0.15, 0.2) is 0 Å². The number of hydrogen-bond acceptors (Lipinski definition) is 4. The van der Waals surface area contributed by atoms with E-state index < -0.39 is 10.0 Å². The second-order valence-corrected chi connectivity index (χ2v) is 8.06. The van der Waals surface area contributed by atoms with E-state index in [1.165, 1.54) is 29.5 Å². The molecule has 0 atom stereocenters. The summed E-state index contributed by atoms with van der Waals surface area (Å²) in [5.41, 5.74) is 1.12. The Morgan fingerprint density at radius 1 is 1.17 bits per heavy atom. The SMILES string of the molecule is Cc1c(C(=O)c2ccc(Cl)c(S(N)(=O)=O)c2)sc2ccccc12. The quantitative estimate of drug-likeness (QED) is 0.718. The average molecular weight is 366 g/mol. The van der Waals surface area contributed by atoms with Crippen molar-refractivity contribution in [2.45, 2.75) is 11.8 Å². The van der Waals surface area contributed by atoms with Crippen LogP contribution in [-0.4, -0.2) is 14.2 Å². The predicted octanol–water partition coefficient (Wildman–Crippen LogP) is 3.74. The Morgan fingerprint density at radius 3 is 2.52 bits per heavy atom. The first kappa shape index (κ1) is 16.1. The van der Waals surface area contributed by atoms with E-state index in [2.05, 4.69) is 0 Å². The Balaban J connectivity index is 2.15. The molecule has 7 heteroatoms. The number of fused-ring (bicyclic) bond motifs is 1. The summed E-state index contributed by atoms with van der Waals surface area (Å²) in [4.78, 5) is 13.1. The van der Waals surface area contributed by atoms with Gasteiger partial charge in [0, 0.05) is 10.3 Å². The number of thiophene rings is 1. The van der Waals surface area contributed by atoms with Crippen molar-refractivity contribution in [2.75, 3.05) is 0 Å². The molecule has 0 aliphatic heterocycles. The van der Waals surface area contributed by atoms with Crippen LogP contribution in [0.15, 0.2) is 47.4 Å². The van der Waals surface area contributed by atoms with Crippen molar-refractivity contribution >= 4 is 48.8 Å². The summed E-state index contributed by atoms with van der Waals surface area (Å²) in [6.07, 6.45) is 0. The van der Waals surface area contributed by atoms with Gasteiger partial charge in [0.25, 0.3) is 0 Å². The molecule has 0 bridgehead atoms. The van der Waals surface area contributed by atoms with Crippen molar-refractivity contribution in [3.8, 4) is 0 Å². The Labute approximate surface area is 142 Å². The molecule has 1 aromatic heterocycles. The smallest absolute Gasteiger partial charge is 0.239 e. The fraction of sp³-hybridized carbons (Fsp3) is 0.0625. The molecular formula is C16H12ClNO3S2. The molecular weight excluding hydrogens is 354 g/mol. The monoisotopic (exact) mass is 365 g/mol. The van der Waals surface area contributed by atoms with E-state index in [1.807, 2.05) is 31.2 Å². The zero-order valence-corrected chi connectivity index (χ0v) is 14.4. The van der Waals surface area contributed by atoms with Crippen molar-refractivity contribution < 1.29 is 13.2 Å². The van der Waals surface area contributed by atoms with Crippen LogP contribution >= 0.6 is 22.9 Å². The van der Waals surface area contributed by atoms with Gasteiger partial charge in [-0.3, -0.25) is 4.79 Å². The molecule has 0 saturated carbocycles. The van der Waals surface area contributed by atoms with Gasteiger partial charge in [-0.1, -0.05) is 29.8 Å². The van der Waals surface area contributed by atoms with Gasteiger partial charge in [-0.25, -0.2) is 13.6 Å². The van der Waals surface area contributed by atoms with E-state index in [4.69, 9.17) is 16.7 Å². The van der Waals surface area contributed by atoms with E-state index in [0.29, 0.717) is 4.88 Å². The number of nitrogens with two attached hydrogens (primary N) is 1. The van der Waals surface area contributed by atoms with E-state index in [9.17, 15) is 13.2 Å². The normalized spacial score (nSPS) is 11.8. The summed E-state index contributed by atoms with van der Waals surface area (Å²) in [6, 6.07) is 11.8. The van der Waals surface area contributed by atoms with Crippen LogP contribution in [0.4, 0.5) is 0 Å². The van der Waals surface area contributed by atoms with Gasteiger partial charge in [-0.15, -0.1) is 11.3 Å². The second kappa shape index (κ2) is 5.72. The summed E-state index contributed by atoms with van der Waals surface area (Å²) < 4.78 is 24.1. The van der Waals surface area contributed by atoms with Crippen LogP contribution < -0.4 is 5.14 Å². The maximum atomic E-state index is 12.8. The maximum Gasteiger partial charge on any atom is 0.239 e. The lowest BCUT2D eigenvalue weighted by Gasteiger charge is -2.05. The largest absolute Gasteiger partial charge is 0.288 e. The predicted molar refractivity (Wildman–Crippen MR) is 92.8 cm³/mol. The number of benzene rings is 2. The number of rotatable bonds is 3. The summed E-state index contributed by atoms with van der Waals surface area (Å²) in [5.74, 6) is -0.245. The molecule has 1 heterocycles. The number of primary sulfonamides is 1. The minimum Gasteiger partial charge on any atom is -0.288 e. The first-order valence-electron chi connectivity index (χ1n) is 6.64. The highest BCUT2D eigenvalue weighted by Crippen LogP contribution is 2.33. The van der Waals surface area contributed by atoms with Crippen LogP contribution in [0.5, 0.6) is 0 Å². The van der Waals surface area contributed by atoms with Gasteiger partial charge in [-0.05, 0) is 42.1 Å². The minimum absolute atomic E-state index is 0.00267. The number of halogens is 1. The maximum absolute atomic E-state index is 12.8. The zero-order valence-electron chi connectivity index (χ0n) is 12.0. The molecule has 0 fully saturated rings. The Kier molecular flexibility index (Phi) is 4.01. The van der Waals surface area contributed by atoms with Crippen LogP contribution in [0.3, 0.4) is 0 Å². The topological polar surface area (TPSA) is 77.2 Å². The van der Waals surface area contributed by atoms with E-state index >= 15 is 0 Å². The van der Waals surface area contributed by atoms with Crippen molar-refractivity contribution in [1.29, 1.82) is 0 Å². The first-order chi connectivity index (χ1) is 10.8. The minimum atomic E-state index is -3.99. The van der Waals surface area contributed by atoms with Crippen molar-refractivity contribution in [3.05, 3.63) is 63.5 Å². The van der Waals surface area contributed by atoms with Gasteiger partial charge in [0.05, 0.1) is 9.90 Å². The van der Waals surface area contributed by atoms with Crippen LogP contribution in [-0.2, 0) is 10.0 Å². The third-order valence-electron chi connectivity index (χ3n) is 3.55. The van der Waals surface area contributed by atoms with Gasteiger partial charge < -0.3 is 0 Å². The van der Waals surface area contributed by atoms with E-state index in [0.717, 1.165) is 15.6 Å². The lowest BCUT2D eigenvalue weighted by atomic mass is 10.1. The van der Waals surface area contributed by atoms with Gasteiger partial charge in [0.2, 0.25) is 15.8 Å². The molecule has 3 rings (SSSR count). The van der Waals surface area contributed by atoms with Crippen LogP contribution in [0, 0.1) is 6.92 Å². The Hall–Kier alpha value is -1.73. The Morgan fingerprint density at radius 2 is 1.87 bits per heavy atom. The van der Waals surface area contributed by atoms with Crippen LogP contribution in [0.2, 0.25) is 5.02 Å².